The minimum atomic E-state index is -4.47. The fourth-order valence-corrected chi connectivity index (χ4v) is 3.89. The van der Waals surface area contributed by atoms with E-state index in [9.17, 15) is 18.0 Å². The van der Waals surface area contributed by atoms with Gasteiger partial charge in [0.25, 0.3) is 0 Å². The zero-order valence-electron chi connectivity index (χ0n) is 16.7. The SMILES string of the molecule is O=C(Nc1ccc(Cn2cccn2)cc1)C1(c2cccc(C(F)(F)F)c2)CCOCC1. The van der Waals surface area contributed by atoms with Crippen LogP contribution < -0.4 is 5.32 Å². The molecule has 2 heterocycles. The van der Waals surface area contributed by atoms with Crippen LogP contribution in [0, 0.1) is 0 Å². The molecule has 0 unspecified atom stereocenters. The number of hydrogen-bond donors (Lipinski definition) is 1. The van der Waals surface area contributed by atoms with Gasteiger partial charge in [0.05, 0.1) is 17.5 Å². The summed E-state index contributed by atoms with van der Waals surface area (Å²) in [6.45, 7) is 1.23. The Balaban J connectivity index is 1.56. The fraction of sp³-hybridized carbons (Fsp3) is 0.304. The highest BCUT2D eigenvalue weighted by atomic mass is 19.4. The number of nitrogens with one attached hydrogen (secondary N) is 1. The standard InChI is InChI=1S/C23H22F3N3O2/c24-23(25,26)19-4-1-3-18(15-19)22(9-13-31-14-10-22)21(30)28-20-7-5-17(6-8-20)16-29-12-2-11-27-29/h1-8,11-12,15H,9-10,13-14,16H2,(H,28,30). The van der Waals surface area contributed by atoms with Gasteiger partial charge in [-0.2, -0.15) is 18.3 Å². The molecule has 1 aliphatic heterocycles. The van der Waals surface area contributed by atoms with Crippen LogP contribution in [-0.2, 0) is 27.7 Å². The van der Waals surface area contributed by atoms with Gasteiger partial charge < -0.3 is 10.1 Å². The van der Waals surface area contributed by atoms with Crippen molar-refractivity contribution in [3.8, 4) is 0 Å². The highest BCUT2D eigenvalue weighted by Gasteiger charge is 2.43. The molecule has 1 aromatic heterocycles. The van der Waals surface area contributed by atoms with E-state index in [1.54, 1.807) is 29.1 Å². The van der Waals surface area contributed by atoms with Gasteiger partial charge in [0.15, 0.2) is 0 Å². The van der Waals surface area contributed by atoms with Crippen molar-refractivity contribution in [3.63, 3.8) is 0 Å². The first kappa shape index (κ1) is 21.1. The number of amides is 1. The number of halogens is 3. The van der Waals surface area contributed by atoms with Gasteiger partial charge in [0, 0.05) is 31.3 Å². The lowest BCUT2D eigenvalue weighted by Gasteiger charge is -2.36. The smallest absolute Gasteiger partial charge is 0.381 e. The van der Waals surface area contributed by atoms with E-state index in [0.29, 0.717) is 43.9 Å². The summed E-state index contributed by atoms with van der Waals surface area (Å²) in [5.41, 5.74) is 0.130. The third-order valence-corrected chi connectivity index (χ3v) is 5.64. The van der Waals surface area contributed by atoms with Gasteiger partial charge in [0.2, 0.25) is 5.91 Å². The maximum Gasteiger partial charge on any atom is 0.416 e. The average Bonchev–Trinajstić information content (AvgIpc) is 3.28. The van der Waals surface area contributed by atoms with Crippen molar-refractivity contribution in [2.24, 2.45) is 0 Å². The minimum Gasteiger partial charge on any atom is -0.381 e. The molecule has 8 heteroatoms. The predicted octanol–water partition coefficient (Wildman–Crippen LogP) is 4.64. The number of nitrogens with zero attached hydrogens (tertiary/aromatic N) is 2. The van der Waals surface area contributed by atoms with Crippen LogP contribution in [0.25, 0.3) is 0 Å². The molecule has 3 aromatic rings. The average molecular weight is 429 g/mol. The molecule has 1 amide bonds. The van der Waals surface area contributed by atoms with Crippen LogP contribution in [0.5, 0.6) is 0 Å². The van der Waals surface area contributed by atoms with Crippen LogP contribution in [0.3, 0.4) is 0 Å². The molecule has 1 N–H and O–H groups in total. The van der Waals surface area contributed by atoms with Gasteiger partial charge in [-0.25, -0.2) is 0 Å². The van der Waals surface area contributed by atoms with Gasteiger partial charge in [-0.15, -0.1) is 0 Å². The molecule has 0 aliphatic carbocycles. The number of benzene rings is 2. The van der Waals surface area contributed by atoms with Crippen molar-refractivity contribution >= 4 is 11.6 Å². The Hall–Kier alpha value is -3.13. The summed E-state index contributed by atoms with van der Waals surface area (Å²) in [5, 5.41) is 7.06. The summed E-state index contributed by atoms with van der Waals surface area (Å²) in [4.78, 5) is 13.3. The monoisotopic (exact) mass is 429 g/mol. The van der Waals surface area contributed by atoms with Gasteiger partial charge >= 0.3 is 6.18 Å². The van der Waals surface area contributed by atoms with Crippen LogP contribution in [0.1, 0.15) is 29.5 Å². The van der Waals surface area contributed by atoms with Crippen molar-refractivity contribution in [2.45, 2.75) is 31.0 Å². The van der Waals surface area contributed by atoms with E-state index in [2.05, 4.69) is 10.4 Å². The second-order valence-corrected chi connectivity index (χ2v) is 7.63. The molecular formula is C23H22F3N3O2. The van der Waals surface area contributed by atoms with Crippen molar-refractivity contribution in [2.75, 3.05) is 18.5 Å². The number of aromatic nitrogens is 2. The molecule has 0 radical (unpaired) electrons. The third kappa shape index (κ3) is 4.64. The molecule has 2 aromatic carbocycles. The number of anilines is 1. The van der Waals surface area contributed by atoms with Crippen LogP contribution in [-0.4, -0.2) is 28.9 Å². The summed E-state index contributed by atoms with van der Waals surface area (Å²) in [7, 11) is 0. The van der Waals surface area contributed by atoms with Crippen LogP contribution in [0.4, 0.5) is 18.9 Å². The van der Waals surface area contributed by atoms with Crippen LogP contribution in [0.2, 0.25) is 0 Å². The zero-order chi connectivity index (χ0) is 21.9. The fourth-order valence-electron chi connectivity index (χ4n) is 3.89. The number of alkyl halides is 3. The Morgan fingerprint density at radius 1 is 1.10 bits per heavy atom. The molecule has 4 rings (SSSR count). The van der Waals surface area contributed by atoms with Crippen molar-refractivity contribution in [1.82, 2.24) is 9.78 Å². The number of hydrogen-bond acceptors (Lipinski definition) is 3. The van der Waals surface area contributed by atoms with E-state index in [1.165, 1.54) is 6.07 Å². The number of ether oxygens (including phenoxy) is 1. The number of carbonyl (C=O) groups excluding carboxylic acids is 1. The van der Waals surface area contributed by atoms with Gasteiger partial charge in [-0.3, -0.25) is 9.48 Å². The van der Waals surface area contributed by atoms with E-state index < -0.39 is 17.2 Å². The summed E-state index contributed by atoms with van der Waals surface area (Å²) in [5.74, 6) is -0.324. The lowest BCUT2D eigenvalue weighted by atomic mass is 9.73. The second-order valence-electron chi connectivity index (χ2n) is 7.63. The topological polar surface area (TPSA) is 56.2 Å². The van der Waals surface area contributed by atoms with Crippen molar-refractivity contribution < 1.29 is 22.7 Å². The number of carbonyl (C=O) groups is 1. The quantitative estimate of drug-likeness (QED) is 0.643. The van der Waals surface area contributed by atoms with E-state index in [4.69, 9.17) is 4.74 Å². The second kappa shape index (κ2) is 8.55. The number of rotatable bonds is 5. The van der Waals surface area contributed by atoms with Crippen LogP contribution >= 0.6 is 0 Å². The first-order chi connectivity index (χ1) is 14.9. The Morgan fingerprint density at radius 2 is 1.84 bits per heavy atom. The maximum atomic E-state index is 13.3. The highest BCUT2D eigenvalue weighted by molar-refractivity contribution is 5.99. The Bertz CT molecular complexity index is 1020. The third-order valence-electron chi connectivity index (χ3n) is 5.64. The summed E-state index contributed by atoms with van der Waals surface area (Å²) in [6, 6.07) is 14.2. The first-order valence-corrected chi connectivity index (χ1v) is 10.0. The summed E-state index contributed by atoms with van der Waals surface area (Å²) < 4.78 is 46.9. The molecular weight excluding hydrogens is 407 g/mol. The first-order valence-electron chi connectivity index (χ1n) is 10.0. The molecule has 0 atom stereocenters. The maximum absolute atomic E-state index is 13.3. The largest absolute Gasteiger partial charge is 0.416 e. The molecule has 31 heavy (non-hydrogen) atoms. The van der Waals surface area contributed by atoms with E-state index in [1.807, 2.05) is 24.4 Å². The Kier molecular flexibility index (Phi) is 5.82. The zero-order valence-corrected chi connectivity index (χ0v) is 16.7. The Labute approximate surface area is 177 Å². The van der Waals surface area contributed by atoms with Crippen molar-refractivity contribution in [3.05, 3.63) is 83.7 Å². The van der Waals surface area contributed by atoms with Crippen molar-refractivity contribution in [1.29, 1.82) is 0 Å². The van der Waals surface area contributed by atoms with Gasteiger partial charge in [-0.1, -0.05) is 30.3 Å². The lowest BCUT2D eigenvalue weighted by Crippen LogP contribution is -2.45. The minimum absolute atomic E-state index is 0.312. The predicted molar refractivity (Wildman–Crippen MR) is 110 cm³/mol. The highest BCUT2D eigenvalue weighted by Crippen LogP contribution is 2.39. The van der Waals surface area contributed by atoms with E-state index >= 15 is 0 Å². The van der Waals surface area contributed by atoms with Crippen LogP contribution in [0.15, 0.2) is 67.0 Å². The molecule has 0 saturated carbocycles. The van der Waals surface area contributed by atoms with Gasteiger partial charge in [0.1, 0.15) is 0 Å². The molecule has 162 valence electrons. The normalized spacial score (nSPS) is 16.1. The Morgan fingerprint density at radius 3 is 2.48 bits per heavy atom. The molecule has 1 fully saturated rings. The molecule has 0 bridgehead atoms. The summed E-state index contributed by atoms with van der Waals surface area (Å²) >= 11 is 0. The van der Waals surface area contributed by atoms with E-state index in [-0.39, 0.29) is 5.91 Å². The molecule has 1 saturated heterocycles. The van der Waals surface area contributed by atoms with E-state index in [0.717, 1.165) is 17.7 Å². The lowest BCUT2D eigenvalue weighted by molar-refractivity contribution is -0.138. The molecule has 1 aliphatic rings. The molecule has 0 spiro atoms. The summed E-state index contributed by atoms with van der Waals surface area (Å²) in [6.07, 6.45) is -0.270. The molecule has 5 nitrogen and oxygen atoms in total. The van der Waals surface area contributed by atoms with Gasteiger partial charge in [-0.05, 0) is 48.2 Å².